The van der Waals surface area contributed by atoms with Crippen molar-refractivity contribution < 1.29 is 36.8 Å². The lowest BCUT2D eigenvalue weighted by molar-refractivity contribution is -0.121. The highest BCUT2D eigenvalue weighted by atomic mass is 79.9. The number of pyridine rings is 2. The maximum Gasteiger partial charge on any atom is 0.569 e. The Balaban J connectivity index is 0.000000169. The summed E-state index contributed by atoms with van der Waals surface area (Å²) in [5, 5.41) is 17.5. The van der Waals surface area contributed by atoms with Gasteiger partial charge < -0.3 is 29.4 Å². The molecule has 0 saturated heterocycles. The van der Waals surface area contributed by atoms with E-state index in [1.165, 1.54) is 82.6 Å². The van der Waals surface area contributed by atoms with Crippen LogP contribution in [0.1, 0.15) is 11.4 Å². The highest BCUT2D eigenvalue weighted by Crippen LogP contribution is 2.23. The van der Waals surface area contributed by atoms with Crippen molar-refractivity contribution in [2.75, 3.05) is 14.1 Å². The molecule has 0 aliphatic rings. The van der Waals surface area contributed by atoms with E-state index in [-0.39, 0.29) is 66.1 Å². The first-order valence-electron chi connectivity index (χ1n) is 22.4. The molecule has 0 fully saturated rings. The molecule has 0 unspecified atom stereocenters. The number of halogens is 5. The zero-order valence-electron chi connectivity index (χ0n) is 41.3. The third-order valence-corrected chi connectivity index (χ3v) is 12.7. The van der Waals surface area contributed by atoms with Crippen molar-refractivity contribution in [3.05, 3.63) is 201 Å². The lowest BCUT2D eigenvalue weighted by atomic mass is 10.2. The Morgan fingerprint density at radius 2 is 1.12 bits per heavy atom. The average molecular weight is 1170 g/mol. The van der Waals surface area contributed by atoms with Crippen LogP contribution >= 0.6 is 38.6 Å². The van der Waals surface area contributed by atoms with Crippen LogP contribution in [0.3, 0.4) is 0 Å². The minimum absolute atomic E-state index is 0.0476. The van der Waals surface area contributed by atoms with Crippen LogP contribution in [-0.4, -0.2) is 95.9 Å². The lowest BCUT2D eigenvalue weighted by Gasteiger charge is -2.09. The third kappa shape index (κ3) is 15.0. The number of amides is 2. The molecule has 78 heavy (non-hydrogen) atoms. The second-order valence-electron chi connectivity index (χ2n) is 15.6. The number of carbonyl (C=O) groups is 2. The number of nitrogens with zero attached hydrogens (tertiary/aromatic N) is 12. The van der Waals surface area contributed by atoms with Gasteiger partial charge in [-0.05, 0) is 70.5 Å². The first-order valence-corrected chi connectivity index (χ1v) is 25.0. The molecule has 0 atom stereocenters. The minimum atomic E-state index is -1.01. The molecular formula is C48H43BBrF4N14O8S2. The second kappa shape index (κ2) is 27.9. The van der Waals surface area contributed by atoms with Crippen molar-refractivity contribution in [1.29, 1.82) is 0 Å². The first-order chi connectivity index (χ1) is 37.4. The van der Waals surface area contributed by atoms with E-state index >= 15 is 0 Å². The SMILES string of the molecule is Brc1nccs1.CNC(=O)Cn1cnc2c1c(=O)n(Cc1ccccn1)c(=O)n2C.CNC(=O)Cn1cnc2c1c(=O)n(Cc1ccccn1)c(=O)n2C.Fc1ccc(-c2nccs2)cc1F.O[B]Oc1ccc(F)c(F)c1. The number of hydrogen-bond acceptors (Lipinski definition) is 16. The molecule has 2 amide bonds. The van der Waals surface area contributed by atoms with Gasteiger partial charge in [-0.3, -0.25) is 47.4 Å². The van der Waals surface area contributed by atoms with Crippen LogP contribution in [0.4, 0.5) is 17.6 Å². The van der Waals surface area contributed by atoms with Crippen LogP contribution in [0, 0.1) is 23.3 Å². The second-order valence-corrected chi connectivity index (χ2v) is 18.7. The fourth-order valence-electron chi connectivity index (χ4n) is 6.75. The monoisotopic (exact) mass is 1170 g/mol. The van der Waals surface area contributed by atoms with Gasteiger partial charge in [0.1, 0.15) is 23.8 Å². The summed E-state index contributed by atoms with van der Waals surface area (Å²) in [6, 6.07) is 17.3. The zero-order valence-corrected chi connectivity index (χ0v) is 44.5. The summed E-state index contributed by atoms with van der Waals surface area (Å²) < 4.78 is 62.9. The first kappa shape index (κ1) is 58.5. The molecule has 0 bridgehead atoms. The summed E-state index contributed by atoms with van der Waals surface area (Å²) in [4.78, 5) is 98.0. The van der Waals surface area contributed by atoms with Gasteiger partial charge in [-0.2, -0.15) is 0 Å². The Labute approximate surface area is 455 Å². The number of hydrogen-bond donors (Lipinski definition) is 3. The molecule has 0 aliphatic heterocycles. The molecule has 403 valence electrons. The van der Waals surface area contributed by atoms with E-state index in [1.807, 2.05) is 5.38 Å². The number of benzene rings is 2. The smallest absolute Gasteiger partial charge is 0.537 e. The van der Waals surface area contributed by atoms with Gasteiger partial charge in [-0.25, -0.2) is 47.1 Å². The number of imidazole rings is 2. The molecule has 2 aromatic carbocycles. The number of aromatic nitrogens is 12. The molecule has 8 aromatic heterocycles. The minimum Gasteiger partial charge on any atom is -0.537 e. The summed E-state index contributed by atoms with van der Waals surface area (Å²) >= 11 is 6.16. The summed E-state index contributed by atoms with van der Waals surface area (Å²) in [5.41, 5.74) is 0.716. The van der Waals surface area contributed by atoms with Crippen LogP contribution in [-0.2, 0) is 49.9 Å². The summed E-state index contributed by atoms with van der Waals surface area (Å²) in [6.45, 7) is -0.00502. The largest absolute Gasteiger partial charge is 0.569 e. The Kier molecular flexibility index (Phi) is 20.9. The fourth-order valence-corrected chi connectivity index (χ4v) is 8.18. The highest BCUT2D eigenvalue weighted by Gasteiger charge is 2.19. The van der Waals surface area contributed by atoms with E-state index in [2.05, 4.69) is 61.1 Å². The van der Waals surface area contributed by atoms with Gasteiger partial charge >= 0.3 is 19.1 Å². The molecular weight excluding hydrogens is 1130 g/mol. The van der Waals surface area contributed by atoms with Gasteiger partial charge in [0.15, 0.2) is 49.5 Å². The number of likely N-dealkylation sites (N-methyl/N-ethyl adjacent to an activating group) is 2. The lowest BCUT2D eigenvalue weighted by Crippen LogP contribution is -2.40. The fraction of sp³-hybridized carbons (Fsp3) is 0.167. The van der Waals surface area contributed by atoms with Gasteiger partial charge in [0.2, 0.25) is 11.8 Å². The Morgan fingerprint density at radius 1 is 0.628 bits per heavy atom. The van der Waals surface area contributed by atoms with Crippen molar-refractivity contribution in [1.82, 2.24) is 67.9 Å². The van der Waals surface area contributed by atoms with Crippen molar-refractivity contribution in [2.45, 2.75) is 26.2 Å². The standard InChI is InChI=1S/2C15H16N6O3.C9H5F2NS.C6H4BF2O2.C3H2BrNS/c2*1-16-11(22)8-20-9-18-13-12(20)14(23)21(15(24)19(13)2)7-10-5-3-4-6-17-10;10-7-2-1-6(5-8(7)11)9-12-3-4-13-9;8-5-2-1-4(11-7-10)3-6(5)9;4-3-5-1-2-6-3/h2*3-6,9H,7-8H2,1-2H3,(H,16,22);1-5H;1-3,10H;1-2H. The predicted molar refractivity (Wildman–Crippen MR) is 286 cm³/mol. The molecule has 10 rings (SSSR count). The number of rotatable bonds is 11. The van der Waals surface area contributed by atoms with E-state index < -0.39 is 45.8 Å². The Morgan fingerprint density at radius 3 is 1.50 bits per heavy atom. The molecule has 0 spiro atoms. The quantitative estimate of drug-likeness (QED) is 0.122. The molecule has 3 N–H and O–H groups in total. The number of aryl methyl sites for hydroxylation is 2. The van der Waals surface area contributed by atoms with Gasteiger partial charge in [0, 0.05) is 75.4 Å². The van der Waals surface area contributed by atoms with Crippen LogP contribution in [0.15, 0.2) is 144 Å². The van der Waals surface area contributed by atoms with E-state index in [0.29, 0.717) is 29.6 Å². The number of nitrogens with one attached hydrogen (secondary N) is 2. The van der Waals surface area contributed by atoms with Gasteiger partial charge in [-0.1, -0.05) is 12.1 Å². The summed E-state index contributed by atoms with van der Waals surface area (Å²) in [5.74, 6) is -4.11. The average Bonchev–Trinajstić information content (AvgIpc) is 4.46. The maximum absolute atomic E-state index is 12.8. The molecule has 22 nitrogen and oxygen atoms in total. The van der Waals surface area contributed by atoms with Gasteiger partial charge in [-0.15, -0.1) is 22.7 Å². The van der Waals surface area contributed by atoms with Crippen LogP contribution < -0.4 is 37.8 Å². The van der Waals surface area contributed by atoms with Crippen molar-refractivity contribution >= 4 is 80.4 Å². The van der Waals surface area contributed by atoms with E-state index in [0.717, 1.165) is 37.3 Å². The number of thiazole rings is 2. The molecule has 30 heteroatoms. The van der Waals surface area contributed by atoms with Crippen LogP contribution in [0.25, 0.3) is 32.9 Å². The summed E-state index contributed by atoms with van der Waals surface area (Å²) in [7, 11) is 6.49. The predicted octanol–water partition coefficient (Wildman–Crippen LogP) is 4.04. The zero-order chi connectivity index (χ0) is 56.5. The molecule has 8 heterocycles. The summed E-state index contributed by atoms with van der Waals surface area (Å²) in [6.07, 6.45) is 9.34. The molecule has 0 aliphatic carbocycles. The number of carbonyl (C=O) groups excluding carboxylic acids is 2. The van der Waals surface area contributed by atoms with Crippen molar-refractivity contribution in [3.63, 3.8) is 0 Å². The van der Waals surface area contributed by atoms with Crippen molar-refractivity contribution in [3.8, 4) is 16.3 Å². The van der Waals surface area contributed by atoms with E-state index in [1.54, 1.807) is 77.9 Å². The van der Waals surface area contributed by atoms with Gasteiger partial charge in [0.05, 0.1) is 37.1 Å². The van der Waals surface area contributed by atoms with Gasteiger partial charge in [0.25, 0.3) is 11.1 Å². The normalized spacial score (nSPS) is 10.4. The Hall–Kier alpha value is -8.74. The van der Waals surface area contributed by atoms with E-state index in [4.69, 9.17) is 5.02 Å². The molecule has 10 aromatic rings. The maximum atomic E-state index is 12.8. The van der Waals surface area contributed by atoms with Crippen LogP contribution in [0.5, 0.6) is 5.75 Å². The van der Waals surface area contributed by atoms with Crippen LogP contribution in [0.2, 0.25) is 0 Å². The third-order valence-electron chi connectivity index (χ3n) is 10.6. The topological polar surface area (TPSA) is 263 Å². The van der Waals surface area contributed by atoms with E-state index in [9.17, 15) is 46.3 Å². The highest BCUT2D eigenvalue weighted by molar-refractivity contribution is 9.11. The van der Waals surface area contributed by atoms with Crippen molar-refractivity contribution in [2.24, 2.45) is 14.1 Å². The molecule has 1 radical (unpaired) electrons. The number of fused-ring (bicyclic) bond motifs is 2. The molecule has 0 saturated carbocycles. The Bertz CT molecular complexity index is 3710.